The van der Waals surface area contributed by atoms with Gasteiger partial charge in [-0.3, -0.25) is 4.68 Å². The Morgan fingerprint density at radius 3 is 2.49 bits per heavy atom. The molecule has 2 aliphatic rings. The third kappa shape index (κ3) is 4.20. The first kappa shape index (κ1) is 29.6. The smallest absolute Gasteiger partial charge is 0.258 e. The summed E-state index contributed by atoms with van der Waals surface area (Å²) in [6.45, 7) is 8.85. The molecule has 0 N–H and O–H groups in total. The number of halogens is 4. The molecule has 232 valence electrons. The van der Waals surface area contributed by atoms with Crippen molar-refractivity contribution >= 4 is 10.8 Å². The van der Waals surface area contributed by atoms with Crippen LogP contribution in [0.25, 0.3) is 33.4 Å². The molecule has 8 heteroatoms. The Balaban J connectivity index is 1.45. The van der Waals surface area contributed by atoms with E-state index in [1.165, 1.54) is 4.68 Å². The third-order valence-electron chi connectivity index (χ3n) is 10.5. The first-order valence-corrected chi connectivity index (χ1v) is 15.9. The summed E-state index contributed by atoms with van der Waals surface area (Å²) in [5.74, 6) is -0.306. The van der Waals surface area contributed by atoms with E-state index in [2.05, 4.69) is 67.8 Å². The minimum absolute atomic E-state index is 0.0799. The highest BCUT2D eigenvalue weighted by Crippen LogP contribution is 2.56. The van der Waals surface area contributed by atoms with Crippen molar-refractivity contribution in [1.82, 2.24) is 9.78 Å². The summed E-state index contributed by atoms with van der Waals surface area (Å²) in [6.07, 6.45) is 2.58. The molecule has 0 bridgehead atoms. The number of benzene rings is 2. The van der Waals surface area contributed by atoms with Gasteiger partial charge in [0.1, 0.15) is 18.6 Å². The van der Waals surface area contributed by atoms with Gasteiger partial charge in [0.05, 0.1) is 16.9 Å². The Bertz CT molecular complexity index is 1970. The van der Waals surface area contributed by atoms with Crippen molar-refractivity contribution in [3.05, 3.63) is 101 Å². The van der Waals surface area contributed by atoms with Gasteiger partial charge in [0, 0.05) is 54.6 Å². The highest BCUT2D eigenvalue weighted by molar-refractivity contribution is 6.01. The maximum absolute atomic E-state index is 16.0. The predicted octanol–water partition coefficient (Wildman–Crippen LogP) is 8.37. The molecule has 3 aromatic heterocycles. The largest absolute Gasteiger partial charge is 0.435 e. The Labute approximate surface area is 261 Å². The molecule has 0 spiro atoms. The van der Waals surface area contributed by atoms with E-state index in [0.29, 0.717) is 23.4 Å². The first-order chi connectivity index (χ1) is 21.4. The average molecular weight is 615 g/mol. The van der Waals surface area contributed by atoms with Crippen molar-refractivity contribution in [2.45, 2.75) is 83.0 Å². The van der Waals surface area contributed by atoms with Crippen LogP contribution in [-0.2, 0) is 30.7 Å². The molecule has 4 heterocycles. The van der Waals surface area contributed by atoms with E-state index in [-0.39, 0.29) is 23.8 Å². The standard InChI is InChI=1S/C37H38F4N4/c1-6-18-36(7-2)25(17-21-45-29(22-30(42-45)37(39,40)41)28-13-8-9-19-43(28)5)24-14-15-27(38)33-32(24)34-31-23(16-20-44(34)36)11-10-12-26(31)35(33,3)4/h8-16,19-20,22,25H,6-7,17-18,21H2,1-5H3/q+2. The zero-order valence-corrected chi connectivity index (χ0v) is 26.3. The minimum Gasteiger partial charge on any atom is -0.258 e. The van der Waals surface area contributed by atoms with Crippen LogP contribution in [0, 0.1) is 5.82 Å². The molecule has 0 amide bonds. The summed E-state index contributed by atoms with van der Waals surface area (Å²) >= 11 is 0. The summed E-state index contributed by atoms with van der Waals surface area (Å²) in [7, 11) is 1.82. The van der Waals surface area contributed by atoms with Crippen molar-refractivity contribution in [2.24, 2.45) is 7.05 Å². The molecule has 2 atom stereocenters. The second-order valence-corrected chi connectivity index (χ2v) is 13.2. The number of hydrogen-bond donors (Lipinski definition) is 0. The summed E-state index contributed by atoms with van der Waals surface area (Å²) < 4.78 is 63.8. The number of aryl methyl sites for hydroxylation is 2. The fraction of sp³-hybridized carbons (Fsp3) is 0.378. The van der Waals surface area contributed by atoms with Crippen LogP contribution in [0.3, 0.4) is 0 Å². The van der Waals surface area contributed by atoms with Gasteiger partial charge in [-0.15, -0.1) is 0 Å². The molecule has 5 aromatic rings. The van der Waals surface area contributed by atoms with E-state index in [1.807, 2.05) is 42.1 Å². The highest BCUT2D eigenvalue weighted by atomic mass is 19.4. The van der Waals surface area contributed by atoms with Crippen molar-refractivity contribution in [3.63, 3.8) is 0 Å². The van der Waals surface area contributed by atoms with Crippen LogP contribution in [0.1, 0.15) is 81.7 Å². The Morgan fingerprint density at radius 2 is 1.78 bits per heavy atom. The fourth-order valence-electron chi connectivity index (χ4n) is 8.52. The van der Waals surface area contributed by atoms with Gasteiger partial charge < -0.3 is 0 Å². The van der Waals surface area contributed by atoms with Gasteiger partial charge in [-0.1, -0.05) is 52.0 Å². The molecular formula is C37H38F4N4+2. The monoisotopic (exact) mass is 614 g/mol. The number of rotatable bonds is 7. The topological polar surface area (TPSA) is 25.6 Å². The Kier molecular flexibility index (Phi) is 6.73. The van der Waals surface area contributed by atoms with E-state index >= 15 is 4.39 Å². The highest BCUT2D eigenvalue weighted by Gasteiger charge is 2.55. The van der Waals surface area contributed by atoms with E-state index in [0.717, 1.165) is 58.5 Å². The lowest BCUT2D eigenvalue weighted by Crippen LogP contribution is -2.63. The summed E-state index contributed by atoms with van der Waals surface area (Å²) in [5, 5.41) is 6.41. The maximum atomic E-state index is 16.0. The van der Waals surface area contributed by atoms with E-state index in [1.54, 1.807) is 6.07 Å². The predicted molar refractivity (Wildman–Crippen MR) is 166 cm³/mol. The summed E-state index contributed by atoms with van der Waals surface area (Å²) in [4.78, 5) is 0. The molecule has 45 heavy (non-hydrogen) atoms. The van der Waals surface area contributed by atoms with E-state index in [9.17, 15) is 13.2 Å². The number of pyridine rings is 2. The Hall–Kier alpha value is -4.07. The van der Waals surface area contributed by atoms with Crippen LogP contribution in [0.5, 0.6) is 0 Å². The minimum atomic E-state index is -4.57. The molecule has 0 fully saturated rings. The van der Waals surface area contributed by atoms with Gasteiger partial charge >= 0.3 is 6.18 Å². The van der Waals surface area contributed by atoms with Crippen LogP contribution in [0.2, 0.25) is 0 Å². The van der Waals surface area contributed by atoms with Gasteiger partial charge in [0.25, 0.3) is 0 Å². The third-order valence-corrected chi connectivity index (χ3v) is 10.5. The van der Waals surface area contributed by atoms with Gasteiger partial charge in [0.15, 0.2) is 23.6 Å². The van der Waals surface area contributed by atoms with Gasteiger partial charge in [-0.05, 0) is 41.5 Å². The van der Waals surface area contributed by atoms with Gasteiger partial charge in [0.2, 0.25) is 11.4 Å². The molecule has 2 aromatic carbocycles. The van der Waals surface area contributed by atoms with E-state index in [4.69, 9.17) is 0 Å². The maximum Gasteiger partial charge on any atom is 0.435 e. The molecule has 1 aliphatic carbocycles. The zero-order valence-electron chi connectivity index (χ0n) is 26.3. The number of nitrogens with zero attached hydrogens (tertiary/aromatic N) is 4. The number of hydrogen-bond acceptors (Lipinski definition) is 1. The zero-order chi connectivity index (χ0) is 31.9. The summed E-state index contributed by atoms with van der Waals surface area (Å²) in [5.41, 5.74) is 4.14. The molecule has 0 radical (unpaired) electrons. The molecule has 7 rings (SSSR count). The Morgan fingerprint density at radius 1 is 0.978 bits per heavy atom. The molecule has 1 aliphatic heterocycles. The molecule has 0 saturated carbocycles. The van der Waals surface area contributed by atoms with Crippen molar-refractivity contribution in [3.8, 4) is 22.6 Å². The van der Waals surface area contributed by atoms with Crippen molar-refractivity contribution in [1.29, 1.82) is 0 Å². The molecular weight excluding hydrogens is 576 g/mol. The number of aromatic nitrogens is 4. The van der Waals surface area contributed by atoms with Crippen LogP contribution in [0.15, 0.2) is 73.1 Å². The second kappa shape index (κ2) is 10.2. The average Bonchev–Trinajstić information content (AvgIpc) is 3.44. The molecule has 2 unspecified atom stereocenters. The normalized spacial score (nSPS) is 19.7. The van der Waals surface area contributed by atoms with Gasteiger partial charge in [-0.2, -0.15) is 27.4 Å². The lowest BCUT2D eigenvalue weighted by Gasteiger charge is -2.45. The SMILES string of the molecule is CCCC1(CC)C(CCn2nc(C(F)(F)F)cc2-c2cccc[n+]2C)c2ccc(F)c3c2-c2c4c(cccc4cc[n+]21)C3(C)C. The second-order valence-electron chi connectivity index (χ2n) is 13.2. The van der Waals surface area contributed by atoms with Crippen LogP contribution >= 0.6 is 0 Å². The fourth-order valence-corrected chi connectivity index (χ4v) is 8.52. The quantitative estimate of drug-likeness (QED) is 0.134. The summed E-state index contributed by atoms with van der Waals surface area (Å²) in [6, 6.07) is 18.6. The van der Waals surface area contributed by atoms with E-state index < -0.39 is 17.3 Å². The lowest BCUT2D eigenvalue weighted by atomic mass is 9.62. The molecule has 4 nitrogen and oxygen atoms in total. The lowest BCUT2D eigenvalue weighted by molar-refractivity contribution is -0.762. The van der Waals surface area contributed by atoms with Crippen molar-refractivity contribution < 1.29 is 26.7 Å². The van der Waals surface area contributed by atoms with Gasteiger partial charge in [-0.25, -0.2) is 4.39 Å². The molecule has 0 saturated heterocycles. The first-order valence-electron chi connectivity index (χ1n) is 15.9. The number of alkyl halides is 3. The van der Waals surface area contributed by atoms with Crippen LogP contribution < -0.4 is 9.13 Å². The van der Waals surface area contributed by atoms with Crippen LogP contribution in [-0.4, -0.2) is 9.78 Å². The van der Waals surface area contributed by atoms with Crippen LogP contribution in [0.4, 0.5) is 17.6 Å². The van der Waals surface area contributed by atoms with Crippen molar-refractivity contribution in [2.75, 3.05) is 0 Å².